The summed E-state index contributed by atoms with van der Waals surface area (Å²) in [6, 6.07) is 28.6. The van der Waals surface area contributed by atoms with Crippen LogP contribution in [-0.4, -0.2) is 55.6 Å². The van der Waals surface area contributed by atoms with Crippen LogP contribution in [0.2, 0.25) is 0 Å². The minimum absolute atomic E-state index is 0.102. The Morgan fingerprint density at radius 1 is 0.833 bits per heavy atom. The molecule has 2 amide bonds. The summed E-state index contributed by atoms with van der Waals surface area (Å²) < 4.78 is 29.1. The SMILES string of the molecule is CC(C)CNC(=O)[C@@H](Cc1ccccc1)N(Cc1cccc(Br)c1)C(=O)CN(C)S(=O)(=O)c1ccc2ccccc2c1. The predicted octanol–water partition coefficient (Wildman–Crippen LogP) is 5.64. The molecule has 0 unspecified atom stereocenters. The number of rotatable bonds is 12. The number of benzene rings is 4. The van der Waals surface area contributed by atoms with Gasteiger partial charge < -0.3 is 10.2 Å². The van der Waals surface area contributed by atoms with E-state index in [0.29, 0.717) is 6.54 Å². The third-order valence-corrected chi connectivity index (χ3v) is 9.28. The lowest BCUT2D eigenvalue weighted by Crippen LogP contribution is -2.53. The highest BCUT2D eigenvalue weighted by Gasteiger charge is 2.33. The molecule has 4 aromatic carbocycles. The van der Waals surface area contributed by atoms with Crippen LogP contribution in [0.4, 0.5) is 0 Å². The molecule has 0 aromatic heterocycles. The molecule has 0 spiro atoms. The molecule has 4 rings (SSSR count). The summed E-state index contributed by atoms with van der Waals surface area (Å²) in [5.41, 5.74) is 1.71. The average Bonchev–Trinajstić information content (AvgIpc) is 2.97. The van der Waals surface area contributed by atoms with Crippen molar-refractivity contribution in [2.24, 2.45) is 5.92 Å². The normalized spacial score (nSPS) is 12.4. The van der Waals surface area contributed by atoms with Crippen molar-refractivity contribution in [2.45, 2.75) is 37.8 Å². The lowest BCUT2D eigenvalue weighted by Gasteiger charge is -2.33. The zero-order valence-corrected chi connectivity index (χ0v) is 26.4. The first kappa shape index (κ1) is 31.4. The van der Waals surface area contributed by atoms with Gasteiger partial charge in [-0.25, -0.2) is 8.42 Å². The molecule has 0 aliphatic carbocycles. The molecule has 1 N–H and O–H groups in total. The van der Waals surface area contributed by atoms with Crippen molar-refractivity contribution in [1.29, 1.82) is 0 Å². The predicted molar refractivity (Wildman–Crippen MR) is 170 cm³/mol. The van der Waals surface area contributed by atoms with Crippen molar-refractivity contribution in [3.05, 3.63) is 113 Å². The molecule has 42 heavy (non-hydrogen) atoms. The van der Waals surface area contributed by atoms with Crippen LogP contribution in [0.1, 0.15) is 25.0 Å². The highest BCUT2D eigenvalue weighted by molar-refractivity contribution is 9.10. The second kappa shape index (κ2) is 14.1. The van der Waals surface area contributed by atoms with E-state index in [1.807, 2.05) is 92.7 Å². The number of amides is 2. The van der Waals surface area contributed by atoms with E-state index in [9.17, 15) is 18.0 Å². The smallest absolute Gasteiger partial charge is 0.243 e. The molecule has 0 radical (unpaired) electrons. The summed E-state index contributed by atoms with van der Waals surface area (Å²) in [5.74, 6) is -0.530. The molecule has 0 saturated carbocycles. The summed E-state index contributed by atoms with van der Waals surface area (Å²) >= 11 is 3.49. The number of halogens is 1. The Labute approximate surface area is 256 Å². The van der Waals surface area contributed by atoms with Gasteiger partial charge in [0.05, 0.1) is 11.4 Å². The van der Waals surface area contributed by atoms with Crippen LogP contribution in [0.15, 0.2) is 106 Å². The fraction of sp³-hybridized carbons (Fsp3) is 0.273. The van der Waals surface area contributed by atoms with Crippen molar-refractivity contribution in [2.75, 3.05) is 20.1 Å². The van der Waals surface area contributed by atoms with Crippen LogP contribution < -0.4 is 5.32 Å². The maximum absolute atomic E-state index is 14.0. The van der Waals surface area contributed by atoms with Gasteiger partial charge in [-0.1, -0.05) is 103 Å². The number of carbonyl (C=O) groups is 2. The molecule has 4 aromatic rings. The molecule has 0 aliphatic heterocycles. The molecule has 9 heteroatoms. The third kappa shape index (κ3) is 8.06. The molecule has 1 atom stereocenters. The van der Waals surface area contributed by atoms with Crippen LogP contribution in [0.25, 0.3) is 10.8 Å². The van der Waals surface area contributed by atoms with Crippen LogP contribution >= 0.6 is 15.9 Å². The molecule has 0 saturated heterocycles. The second-order valence-electron chi connectivity index (χ2n) is 10.8. The van der Waals surface area contributed by atoms with Crippen molar-refractivity contribution in [1.82, 2.24) is 14.5 Å². The van der Waals surface area contributed by atoms with Crippen LogP contribution in [0.3, 0.4) is 0 Å². The number of nitrogens with one attached hydrogen (secondary N) is 1. The Balaban J connectivity index is 1.67. The highest BCUT2D eigenvalue weighted by Crippen LogP contribution is 2.23. The van der Waals surface area contributed by atoms with E-state index >= 15 is 0 Å². The summed E-state index contributed by atoms with van der Waals surface area (Å²) in [5, 5.41) is 4.70. The summed E-state index contributed by atoms with van der Waals surface area (Å²) in [6.07, 6.45) is 0.283. The van der Waals surface area contributed by atoms with E-state index in [1.54, 1.807) is 18.2 Å². The van der Waals surface area contributed by atoms with Gasteiger partial charge in [-0.2, -0.15) is 4.31 Å². The van der Waals surface area contributed by atoms with Gasteiger partial charge in [0.25, 0.3) is 0 Å². The van der Waals surface area contributed by atoms with E-state index in [2.05, 4.69) is 21.2 Å². The lowest BCUT2D eigenvalue weighted by atomic mass is 10.0. The van der Waals surface area contributed by atoms with Crippen LogP contribution in [0.5, 0.6) is 0 Å². The van der Waals surface area contributed by atoms with Crippen molar-refractivity contribution in [3.8, 4) is 0 Å². The number of fused-ring (bicyclic) bond motifs is 1. The maximum atomic E-state index is 14.0. The van der Waals surface area contributed by atoms with Crippen LogP contribution in [-0.2, 0) is 32.6 Å². The summed E-state index contributed by atoms with van der Waals surface area (Å²) in [4.78, 5) is 29.3. The first-order valence-corrected chi connectivity index (χ1v) is 16.1. The zero-order valence-electron chi connectivity index (χ0n) is 24.0. The number of nitrogens with zero attached hydrogens (tertiary/aromatic N) is 2. The standard InChI is InChI=1S/C33H36BrN3O4S/c1-24(2)21-35-33(39)31(19-25-10-5-4-6-11-25)37(22-26-12-9-15-29(34)18-26)32(38)23-36(3)42(40,41)30-17-16-27-13-7-8-14-28(27)20-30/h4-18,20,24,31H,19,21-23H2,1-3H3,(H,35,39)/t31-/m1/s1. The average molecular weight is 651 g/mol. The number of hydrogen-bond acceptors (Lipinski definition) is 4. The fourth-order valence-corrected chi connectivity index (χ4v) is 6.29. The molecule has 0 aliphatic rings. The molecule has 0 bridgehead atoms. The number of sulfonamides is 1. The summed E-state index contributed by atoms with van der Waals surface area (Å²) in [6.45, 7) is 4.17. The molecule has 0 fully saturated rings. The van der Waals surface area contributed by atoms with E-state index in [-0.39, 0.29) is 29.7 Å². The zero-order chi connectivity index (χ0) is 30.3. The van der Waals surface area contributed by atoms with Crippen LogP contribution in [0, 0.1) is 5.92 Å². The summed E-state index contributed by atoms with van der Waals surface area (Å²) in [7, 11) is -2.59. The first-order chi connectivity index (χ1) is 20.0. The Hall–Kier alpha value is -3.53. The number of carbonyl (C=O) groups excluding carboxylic acids is 2. The van der Waals surface area contributed by atoms with Gasteiger partial charge in [0.2, 0.25) is 21.8 Å². The first-order valence-electron chi connectivity index (χ1n) is 13.9. The van der Waals surface area contributed by atoms with Crippen molar-refractivity contribution >= 4 is 48.5 Å². The van der Waals surface area contributed by atoms with Gasteiger partial charge >= 0.3 is 0 Å². The minimum Gasteiger partial charge on any atom is -0.354 e. The second-order valence-corrected chi connectivity index (χ2v) is 13.7. The van der Waals surface area contributed by atoms with E-state index < -0.39 is 28.5 Å². The fourth-order valence-electron chi connectivity index (χ4n) is 4.68. The Morgan fingerprint density at radius 3 is 2.19 bits per heavy atom. The Bertz CT molecular complexity index is 1640. The van der Waals surface area contributed by atoms with Gasteiger partial charge in [0.15, 0.2) is 0 Å². The topological polar surface area (TPSA) is 86.8 Å². The monoisotopic (exact) mass is 649 g/mol. The third-order valence-electron chi connectivity index (χ3n) is 6.98. The van der Waals surface area contributed by atoms with Gasteiger partial charge in [0, 0.05) is 31.0 Å². The van der Waals surface area contributed by atoms with Gasteiger partial charge in [0.1, 0.15) is 6.04 Å². The van der Waals surface area contributed by atoms with E-state index in [0.717, 1.165) is 30.7 Å². The maximum Gasteiger partial charge on any atom is 0.243 e. The van der Waals surface area contributed by atoms with E-state index in [4.69, 9.17) is 0 Å². The molecule has 0 heterocycles. The van der Waals surface area contributed by atoms with Gasteiger partial charge in [-0.15, -0.1) is 0 Å². The molecular formula is C33H36BrN3O4S. The molecular weight excluding hydrogens is 614 g/mol. The minimum atomic E-state index is -3.99. The Kier molecular flexibility index (Phi) is 10.5. The largest absolute Gasteiger partial charge is 0.354 e. The Morgan fingerprint density at radius 2 is 1.50 bits per heavy atom. The quantitative estimate of drug-likeness (QED) is 0.215. The molecule has 220 valence electrons. The number of likely N-dealkylation sites (N-methyl/N-ethyl adjacent to an activating group) is 1. The highest BCUT2D eigenvalue weighted by atomic mass is 79.9. The lowest BCUT2D eigenvalue weighted by molar-refractivity contribution is -0.141. The molecule has 7 nitrogen and oxygen atoms in total. The van der Waals surface area contributed by atoms with Gasteiger partial charge in [-0.3, -0.25) is 9.59 Å². The van der Waals surface area contributed by atoms with Gasteiger partial charge in [-0.05, 0) is 52.1 Å². The van der Waals surface area contributed by atoms with Crippen molar-refractivity contribution < 1.29 is 18.0 Å². The number of hydrogen-bond donors (Lipinski definition) is 1. The van der Waals surface area contributed by atoms with E-state index in [1.165, 1.54) is 11.9 Å². The van der Waals surface area contributed by atoms with Crippen molar-refractivity contribution in [3.63, 3.8) is 0 Å².